The standard InChI is InChI=1S/C21H24FN7/c1-16-24-8-9-29(16)20-7-2-17(14-25-20)15-26-21(23)28-12-10-27(11-13-28)19-5-3-18(22)4-6-19/h2-9,14H,10-13,15H2,1H3,(H2,23,26). The molecule has 0 unspecified atom stereocenters. The van der Waals surface area contributed by atoms with Gasteiger partial charge in [0.2, 0.25) is 0 Å². The summed E-state index contributed by atoms with van der Waals surface area (Å²) < 4.78 is 15.0. The van der Waals surface area contributed by atoms with E-state index in [-0.39, 0.29) is 5.82 Å². The van der Waals surface area contributed by atoms with Crippen molar-refractivity contribution in [3.8, 4) is 5.82 Å². The molecule has 4 rings (SSSR count). The summed E-state index contributed by atoms with van der Waals surface area (Å²) in [6.45, 7) is 5.63. The summed E-state index contributed by atoms with van der Waals surface area (Å²) in [4.78, 5) is 17.5. The van der Waals surface area contributed by atoms with Crippen LogP contribution in [0.2, 0.25) is 0 Å². The van der Waals surface area contributed by atoms with Gasteiger partial charge in [-0.05, 0) is 42.8 Å². The highest BCUT2D eigenvalue weighted by atomic mass is 19.1. The van der Waals surface area contributed by atoms with Crippen molar-refractivity contribution in [3.05, 3.63) is 72.2 Å². The Labute approximate surface area is 169 Å². The molecular formula is C21H24FN7. The maximum Gasteiger partial charge on any atom is 0.191 e. The van der Waals surface area contributed by atoms with Gasteiger partial charge < -0.3 is 15.5 Å². The lowest BCUT2D eigenvalue weighted by atomic mass is 10.2. The number of halogens is 1. The third-order valence-electron chi connectivity index (χ3n) is 5.10. The predicted octanol–water partition coefficient (Wildman–Crippen LogP) is 2.35. The van der Waals surface area contributed by atoms with Gasteiger partial charge in [0, 0.05) is 50.5 Å². The Morgan fingerprint density at radius 1 is 1.07 bits per heavy atom. The molecule has 2 N–H and O–H groups in total. The average Bonchev–Trinajstić information content (AvgIpc) is 3.19. The van der Waals surface area contributed by atoms with Crippen molar-refractivity contribution in [3.63, 3.8) is 0 Å². The normalized spacial score (nSPS) is 15.0. The second-order valence-corrected chi connectivity index (χ2v) is 6.99. The summed E-state index contributed by atoms with van der Waals surface area (Å²) >= 11 is 0. The Bertz CT molecular complexity index is 971. The molecule has 0 atom stereocenters. The number of aliphatic imine (C=N–C) groups is 1. The van der Waals surface area contributed by atoms with Crippen molar-refractivity contribution in [1.29, 1.82) is 0 Å². The highest BCUT2D eigenvalue weighted by Gasteiger charge is 2.18. The maximum absolute atomic E-state index is 13.1. The highest BCUT2D eigenvalue weighted by Crippen LogP contribution is 2.17. The first-order chi connectivity index (χ1) is 14.1. The molecule has 1 aromatic carbocycles. The van der Waals surface area contributed by atoms with E-state index in [1.807, 2.05) is 48.1 Å². The Morgan fingerprint density at radius 2 is 1.83 bits per heavy atom. The smallest absolute Gasteiger partial charge is 0.191 e. The highest BCUT2D eigenvalue weighted by molar-refractivity contribution is 5.78. The van der Waals surface area contributed by atoms with Crippen LogP contribution in [-0.2, 0) is 6.54 Å². The van der Waals surface area contributed by atoms with Crippen LogP contribution in [0.1, 0.15) is 11.4 Å². The van der Waals surface area contributed by atoms with Gasteiger partial charge in [0.05, 0.1) is 6.54 Å². The molecule has 0 amide bonds. The second-order valence-electron chi connectivity index (χ2n) is 6.99. The van der Waals surface area contributed by atoms with Gasteiger partial charge in [-0.15, -0.1) is 0 Å². The van der Waals surface area contributed by atoms with Gasteiger partial charge in [0.25, 0.3) is 0 Å². The first-order valence-corrected chi connectivity index (χ1v) is 9.61. The van der Waals surface area contributed by atoms with E-state index in [4.69, 9.17) is 5.73 Å². The van der Waals surface area contributed by atoms with Crippen LogP contribution in [0, 0.1) is 12.7 Å². The van der Waals surface area contributed by atoms with E-state index in [2.05, 4.69) is 24.8 Å². The quantitative estimate of drug-likeness (QED) is 0.544. The molecule has 0 spiro atoms. The summed E-state index contributed by atoms with van der Waals surface area (Å²) in [7, 11) is 0. The number of rotatable bonds is 4. The molecule has 1 aliphatic heterocycles. The maximum atomic E-state index is 13.1. The van der Waals surface area contributed by atoms with Crippen molar-refractivity contribution in [1.82, 2.24) is 19.4 Å². The van der Waals surface area contributed by atoms with Crippen LogP contribution in [0.4, 0.5) is 10.1 Å². The lowest BCUT2D eigenvalue weighted by Crippen LogP contribution is -2.51. The minimum atomic E-state index is -0.216. The predicted molar refractivity (Wildman–Crippen MR) is 112 cm³/mol. The number of nitrogens with two attached hydrogens (primary N) is 1. The number of hydrogen-bond acceptors (Lipinski definition) is 4. The third-order valence-corrected chi connectivity index (χ3v) is 5.10. The molecular weight excluding hydrogens is 369 g/mol. The van der Waals surface area contributed by atoms with E-state index in [9.17, 15) is 4.39 Å². The van der Waals surface area contributed by atoms with Gasteiger partial charge in [-0.1, -0.05) is 6.07 Å². The van der Waals surface area contributed by atoms with Gasteiger partial charge in [-0.2, -0.15) is 0 Å². The largest absolute Gasteiger partial charge is 0.370 e. The van der Waals surface area contributed by atoms with Gasteiger partial charge in [-0.3, -0.25) is 4.57 Å². The lowest BCUT2D eigenvalue weighted by molar-refractivity contribution is 0.380. The molecule has 0 radical (unpaired) electrons. The number of guanidine groups is 1. The lowest BCUT2D eigenvalue weighted by Gasteiger charge is -2.36. The molecule has 1 aliphatic rings. The molecule has 1 fully saturated rings. The fourth-order valence-electron chi connectivity index (χ4n) is 3.39. The van der Waals surface area contributed by atoms with E-state index >= 15 is 0 Å². The first-order valence-electron chi connectivity index (χ1n) is 9.61. The molecule has 7 nitrogen and oxygen atoms in total. The van der Waals surface area contributed by atoms with Crippen molar-refractivity contribution in [2.24, 2.45) is 10.7 Å². The van der Waals surface area contributed by atoms with E-state index < -0.39 is 0 Å². The Balaban J connectivity index is 1.32. The summed E-state index contributed by atoms with van der Waals surface area (Å²) in [6, 6.07) is 10.6. The molecule has 3 aromatic rings. The number of piperazine rings is 1. The Kier molecular flexibility index (Phi) is 5.41. The van der Waals surface area contributed by atoms with E-state index in [0.29, 0.717) is 12.5 Å². The minimum absolute atomic E-state index is 0.216. The van der Waals surface area contributed by atoms with Crippen LogP contribution in [-0.4, -0.2) is 51.6 Å². The number of aromatic nitrogens is 3. The number of benzene rings is 1. The summed E-state index contributed by atoms with van der Waals surface area (Å²) in [5.74, 6) is 2.05. The number of aryl methyl sites for hydroxylation is 1. The molecule has 8 heteroatoms. The minimum Gasteiger partial charge on any atom is -0.370 e. The molecule has 3 heterocycles. The molecule has 29 heavy (non-hydrogen) atoms. The molecule has 0 bridgehead atoms. The number of nitrogens with zero attached hydrogens (tertiary/aromatic N) is 6. The SMILES string of the molecule is Cc1nccn1-c1ccc(CN=C(N)N2CCN(c3ccc(F)cc3)CC2)cn1. The average molecular weight is 393 g/mol. The van der Waals surface area contributed by atoms with Crippen LogP contribution in [0.25, 0.3) is 5.82 Å². The third kappa shape index (κ3) is 4.37. The summed E-state index contributed by atoms with van der Waals surface area (Å²) in [5, 5.41) is 0. The number of anilines is 1. The molecule has 0 saturated carbocycles. The monoisotopic (exact) mass is 393 g/mol. The topological polar surface area (TPSA) is 75.6 Å². The van der Waals surface area contributed by atoms with E-state index in [1.54, 1.807) is 6.20 Å². The van der Waals surface area contributed by atoms with Gasteiger partial charge in [0.15, 0.2) is 5.96 Å². The number of pyridine rings is 1. The van der Waals surface area contributed by atoms with Crippen molar-refractivity contribution < 1.29 is 4.39 Å². The zero-order chi connectivity index (χ0) is 20.2. The Morgan fingerprint density at radius 3 is 2.45 bits per heavy atom. The van der Waals surface area contributed by atoms with Crippen LogP contribution in [0.15, 0.2) is 60.0 Å². The zero-order valence-corrected chi connectivity index (χ0v) is 16.4. The molecule has 150 valence electrons. The molecule has 0 aliphatic carbocycles. The van der Waals surface area contributed by atoms with E-state index in [0.717, 1.165) is 49.1 Å². The number of imidazole rings is 1. The van der Waals surface area contributed by atoms with Crippen LogP contribution in [0.3, 0.4) is 0 Å². The second kappa shape index (κ2) is 8.30. The summed E-state index contributed by atoms with van der Waals surface area (Å²) in [6.07, 6.45) is 5.46. The van der Waals surface area contributed by atoms with Crippen molar-refractivity contribution >= 4 is 11.6 Å². The van der Waals surface area contributed by atoms with Crippen molar-refractivity contribution in [2.75, 3.05) is 31.1 Å². The number of hydrogen-bond donors (Lipinski definition) is 1. The fourth-order valence-corrected chi connectivity index (χ4v) is 3.39. The van der Waals surface area contributed by atoms with Gasteiger partial charge in [-0.25, -0.2) is 19.4 Å². The fraction of sp³-hybridized carbons (Fsp3) is 0.286. The van der Waals surface area contributed by atoms with Crippen LogP contribution < -0.4 is 10.6 Å². The molecule has 1 saturated heterocycles. The summed E-state index contributed by atoms with van der Waals surface area (Å²) in [5.41, 5.74) is 8.23. The van der Waals surface area contributed by atoms with Crippen LogP contribution >= 0.6 is 0 Å². The molecule has 2 aromatic heterocycles. The zero-order valence-electron chi connectivity index (χ0n) is 16.4. The van der Waals surface area contributed by atoms with Gasteiger partial charge >= 0.3 is 0 Å². The van der Waals surface area contributed by atoms with Crippen molar-refractivity contribution in [2.45, 2.75) is 13.5 Å². The first kappa shape index (κ1) is 18.9. The van der Waals surface area contributed by atoms with Gasteiger partial charge in [0.1, 0.15) is 17.5 Å². The Hall–Kier alpha value is -3.42. The van der Waals surface area contributed by atoms with E-state index in [1.165, 1.54) is 12.1 Å². The van der Waals surface area contributed by atoms with Crippen LogP contribution in [0.5, 0.6) is 0 Å².